The molecule has 0 spiro atoms. The van der Waals surface area contributed by atoms with Gasteiger partial charge >= 0.3 is 0 Å². The number of nitrogens with two attached hydrogens (primary N) is 1. The van der Waals surface area contributed by atoms with Gasteiger partial charge in [0.2, 0.25) is 17.7 Å². The van der Waals surface area contributed by atoms with E-state index in [-0.39, 0.29) is 29.6 Å². The van der Waals surface area contributed by atoms with E-state index >= 15 is 0 Å². The molecule has 2 N–H and O–H groups in total. The fraction of sp³-hybridized carbons (Fsp3) is 0.727. The van der Waals surface area contributed by atoms with Crippen LogP contribution in [0.4, 0.5) is 0 Å². The molecule has 2 fully saturated rings. The van der Waals surface area contributed by atoms with E-state index in [1.165, 1.54) is 11.9 Å². The van der Waals surface area contributed by atoms with Crippen LogP contribution in [0.3, 0.4) is 0 Å². The Kier molecular flexibility index (Phi) is 2.91. The van der Waals surface area contributed by atoms with Gasteiger partial charge in [-0.25, -0.2) is 0 Å². The Morgan fingerprint density at radius 2 is 1.94 bits per heavy atom. The molecule has 2 aliphatic rings. The molecule has 2 heterocycles. The molecule has 0 aromatic rings. The zero-order valence-electron chi connectivity index (χ0n) is 10.0. The van der Waals surface area contributed by atoms with E-state index in [4.69, 9.17) is 5.73 Å². The number of fused-ring (bicyclic) bond motifs is 1. The summed E-state index contributed by atoms with van der Waals surface area (Å²) in [6, 6.07) is -0.559. The number of hydrogen-bond acceptors (Lipinski definition) is 4. The number of likely N-dealkylation sites (tertiary alicyclic amines) is 2. The molecule has 0 aliphatic carbocycles. The third-order valence-electron chi connectivity index (χ3n) is 3.61. The largest absolute Gasteiger partial charge is 0.341 e. The van der Waals surface area contributed by atoms with Gasteiger partial charge in [-0.05, 0) is 13.3 Å². The van der Waals surface area contributed by atoms with Gasteiger partial charge in [-0.15, -0.1) is 0 Å². The minimum Gasteiger partial charge on any atom is -0.341 e. The molecule has 0 aromatic carbocycles. The monoisotopic (exact) mass is 239 g/mol. The Labute approximate surface area is 99.7 Å². The fourth-order valence-corrected chi connectivity index (χ4v) is 2.59. The minimum atomic E-state index is -0.559. The summed E-state index contributed by atoms with van der Waals surface area (Å²) in [6.07, 6.45) is 0.554. The van der Waals surface area contributed by atoms with E-state index in [0.717, 1.165) is 0 Å². The molecule has 3 amide bonds. The number of imide groups is 1. The number of hydrogen-bond donors (Lipinski definition) is 1. The van der Waals surface area contributed by atoms with Crippen molar-refractivity contribution in [3.63, 3.8) is 0 Å². The number of nitrogens with zero attached hydrogens (tertiary/aromatic N) is 2. The van der Waals surface area contributed by atoms with Crippen molar-refractivity contribution in [3.8, 4) is 0 Å². The molecule has 0 unspecified atom stereocenters. The highest BCUT2D eigenvalue weighted by molar-refractivity contribution is 6.05. The Morgan fingerprint density at radius 3 is 2.53 bits per heavy atom. The lowest BCUT2D eigenvalue weighted by atomic mass is 9.87. The predicted molar refractivity (Wildman–Crippen MR) is 59.6 cm³/mol. The summed E-state index contributed by atoms with van der Waals surface area (Å²) in [7, 11) is 1.50. The highest BCUT2D eigenvalue weighted by Gasteiger charge is 2.49. The van der Waals surface area contributed by atoms with Crippen LogP contribution in [0.2, 0.25) is 0 Å². The van der Waals surface area contributed by atoms with Crippen molar-refractivity contribution in [3.05, 3.63) is 0 Å². The smallest absolute Gasteiger partial charge is 0.239 e. The summed E-state index contributed by atoms with van der Waals surface area (Å²) in [5.41, 5.74) is 5.54. The third-order valence-corrected chi connectivity index (χ3v) is 3.61. The lowest BCUT2D eigenvalue weighted by Gasteiger charge is -2.33. The van der Waals surface area contributed by atoms with Crippen molar-refractivity contribution in [1.82, 2.24) is 9.80 Å². The lowest BCUT2D eigenvalue weighted by Crippen LogP contribution is -2.49. The van der Waals surface area contributed by atoms with Crippen molar-refractivity contribution in [2.45, 2.75) is 19.4 Å². The molecule has 0 saturated carbocycles. The van der Waals surface area contributed by atoms with Gasteiger partial charge < -0.3 is 10.6 Å². The molecule has 3 atom stereocenters. The molecule has 2 rings (SSSR count). The van der Waals surface area contributed by atoms with Gasteiger partial charge in [0.05, 0.1) is 17.9 Å². The van der Waals surface area contributed by atoms with E-state index in [1.54, 1.807) is 11.8 Å². The molecule has 6 nitrogen and oxygen atoms in total. The molecule has 2 saturated heterocycles. The minimum absolute atomic E-state index is 0.118. The lowest BCUT2D eigenvalue weighted by molar-refractivity contribution is -0.138. The molecule has 94 valence electrons. The van der Waals surface area contributed by atoms with E-state index in [9.17, 15) is 14.4 Å². The van der Waals surface area contributed by atoms with Crippen LogP contribution in [0.1, 0.15) is 13.3 Å². The van der Waals surface area contributed by atoms with Crippen LogP contribution < -0.4 is 5.73 Å². The van der Waals surface area contributed by atoms with Crippen molar-refractivity contribution in [2.24, 2.45) is 17.6 Å². The van der Waals surface area contributed by atoms with Crippen molar-refractivity contribution < 1.29 is 14.4 Å². The highest BCUT2D eigenvalue weighted by atomic mass is 16.2. The van der Waals surface area contributed by atoms with Crippen molar-refractivity contribution in [1.29, 1.82) is 0 Å². The van der Waals surface area contributed by atoms with Gasteiger partial charge in [0.15, 0.2) is 0 Å². The van der Waals surface area contributed by atoms with Crippen LogP contribution in [-0.2, 0) is 14.4 Å². The molecular weight excluding hydrogens is 222 g/mol. The summed E-state index contributed by atoms with van der Waals surface area (Å²) in [4.78, 5) is 38.1. The van der Waals surface area contributed by atoms with Crippen LogP contribution in [0.15, 0.2) is 0 Å². The van der Waals surface area contributed by atoms with E-state index < -0.39 is 6.04 Å². The third kappa shape index (κ3) is 1.82. The number of carbonyl (C=O) groups excluding carboxylic acids is 3. The Hall–Kier alpha value is -1.43. The first-order valence-electron chi connectivity index (χ1n) is 5.79. The van der Waals surface area contributed by atoms with E-state index in [2.05, 4.69) is 0 Å². The van der Waals surface area contributed by atoms with Crippen LogP contribution in [0.25, 0.3) is 0 Å². The average Bonchev–Trinajstić information content (AvgIpc) is 2.53. The average molecular weight is 239 g/mol. The van der Waals surface area contributed by atoms with Crippen molar-refractivity contribution in [2.75, 3.05) is 20.1 Å². The molecular formula is C11H17N3O3. The first-order valence-corrected chi connectivity index (χ1v) is 5.79. The Bertz CT molecular complexity index is 380. The zero-order chi connectivity index (χ0) is 12.7. The summed E-state index contributed by atoms with van der Waals surface area (Å²) in [6.45, 7) is 2.45. The maximum absolute atomic E-state index is 11.8. The second-order valence-electron chi connectivity index (χ2n) is 4.81. The van der Waals surface area contributed by atoms with E-state index in [1.807, 2.05) is 0 Å². The van der Waals surface area contributed by atoms with Gasteiger partial charge in [0.1, 0.15) is 0 Å². The van der Waals surface area contributed by atoms with Crippen LogP contribution in [0.5, 0.6) is 0 Å². The summed E-state index contributed by atoms with van der Waals surface area (Å²) in [5.74, 6) is -1.07. The zero-order valence-corrected chi connectivity index (χ0v) is 10.0. The van der Waals surface area contributed by atoms with Crippen molar-refractivity contribution >= 4 is 17.7 Å². The van der Waals surface area contributed by atoms with E-state index in [0.29, 0.717) is 19.5 Å². The maximum Gasteiger partial charge on any atom is 0.239 e. The number of piperidine rings is 1. The Morgan fingerprint density at radius 1 is 1.35 bits per heavy atom. The predicted octanol–water partition coefficient (Wildman–Crippen LogP) is -1.20. The molecule has 2 aliphatic heterocycles. The summed E-state index contributed by atoms with van der Waals surface area (Å²) >= 11 is 0. The second kappa shape index (κ2) is 4.10. The normalized spacial score (nSPS) is 30.5. The molecule has 17 heavy (non-hydrogen) atoms. The highest BCUT2D eigenvalue weighted by Crippen LogP contribution is 2.32. The SMILES string of the molecule is C[C@H](N)C(=O)N1CC[C@H]2C(=O)N(C)C(=O)[C@@H]2C1. The molecule has 0 bridgehead atoms. The molecule has 0 radical (unpaired) electrons. The topological polar surface area (TPSA) is 83.7 Å². The first kappa shape index (κ1) is 12.0. The number of amides is 3. The summed E-state index contributed by atoms with van der Waals surface area (Å²) in [5, 5.41) is 0. The fourth-order valence-electron chi connectivity index (χ4n) is 2.59. The number of carbonyl (C=O) groups is 3. The first-order chi connectivity index (χ1) is 7.93. The van der Waals surface area contributed by atoms with Crippen LogP contribution in [-0.4, -0.2) is 53.7 Å². The van der Waals surface area contributed by atoms with Gasteiger partial charge in [-0.1, -0.05) is 0 Å². The maximum atomic E-state index is 11.8. The van der Waals surface area contributed by atoms with Gasteiger partial charge in [-0.2, -0.15) is 0 Å². The van der Waals surface area contributed by atoms with Gasteiger partial charge in [0, 0.05) is 20.1 Å². The quantitative estimate of drug-likeness (QED) is 0.582. The molecule has 6 heteroatoms. The van der Waals surface area contributed by atoms with Crippen LogP contribution >= 0.6 is 0 Å². The van der Waals surface area contributed by atoms with Gasteiger partial charge in [0.25, 0.3) is 0 Å². The summed E-state index contributed by atoms with van der Waals surface area (Å²) < 4.78 is 0. The number of rotatable bonds is 1. The second-order valence-corrected chi connectivity index (χ2v) is 4.81. The molecule has 0 aromatic heterocycles. The Balaban J connectivity index is 2.12. The standard InChI is InChI=1S/C11H17N3O3/c1-6(12)9(15)14-4-3-7-8(5-14)11(17)13(2)10(7)16/h6-8H,3-5,12H2,1-2H3/t6-,7+,8+/m0/s1. The van der Waals surface area contributed by atoms with Crippen LogP contribution in [0, 0.1) is 11.8 Å². The van der Waals surface area contributed by atoms with Gasteiger partial charge in [-0.3, -0.25) is 19.3 Å².